The van der Waals surface area contributed by atoms with Crippen molar-refractivity contribution in [1.82, 2.24) is 10.3 Å². The number of carbonyl (C=O) groups excluding carboxylic acids is 1. The number of nitrogens with one attached hydrogen (secondary N) is 2. The summed E-state index contributed by atoms with van der Waals surface area (Å²) in [4.78, 5) is 29.0. The number of benzene rings is 1. The SMILES string of the molecule is Cc1cc(F)cc(C)c1C(=O)NCCC(CCO[C@H]1C[C@@H](CCc2ccc3c(n2)NCCC3)C1)C(=O)O. The Morgan fingerprint density at radius 2 is 1.97 bits per heavy atom. The van der Waals surface area contributed by atoms with Crippen molar-refractivity contribution in [3.8, 4) is 0 Å². The zero-order chi connectivity index (χ0) is 26.4. The Balaban J connectivity index is 1.12. The van der Waals surface area contributed by atoms with Crippen molar-refractivity contribution >= 4 is 17.7 Å². The van der Waals surface area contributed by atoms with Gasteiger partial charge in [-0.05, 0) is 106 Å². The molecule has 3 N–H and O–H groups in total. The molecule has 0 saturated heterocycles. The molecule has 1 saturated carbocycles. The van der Waals surface area contributed by atoms with Crippen LogP contribution in [0.25, 0.3) is 0 Å². The zero-order valence-electron chi connectivity index (χ0n) is 21.8. The van der Waals surface area contributed by atoms with Crippen LogP contribution in [0.3, 0.4) is 0 Å². The Kier molecular flexibility index (Phi) is 9.14. The monoisotopic (exact) mass is 511 g/mol. The standard InChI is InChI=1S/C29H38FN3O4/c1-18-14-23(30)15-19(2)26(18)28(34)32-12-9-22(29(35)36)10-13-37-25-16-20(17-25)5-7-24-8-6-21-4-3-11-31-27(21)33-24/h6,8,14-15,20,22,25H,3-5,7,9-13,16-17H2,1-2H3,(H,31,33)(H,32,34)(H,35,36)/t20-,22?,25+. The van der Waals surface area contributed by atoms with Crippen molar-refractivity contribution in [3.05, 3.63) is 58.0 Å². The lowest BCUT2D eigenvalue weighted by atomic mass is 9.79. The van der Waals surface area contributed by atoms with E-state index >= 15 is 0 Å². The third-order valence-electron chi connectivity index (χ3n) is 7.62. The number of pyridine rings is 1. The minimum atomic E-state index is -0.884. The molecule has 2 heterocycles. The van der Waals surface area contributed by atoms with Gasteiger partial charge in [0.25, 0.3) is 5.91 Å². The lowest BCUT2D eigenvalue weighted by Gasteiger charge is -2.35. The minimum absolute atomic E-state index is 0.196. The highest BCUT2D eigenvalue weighted by Gasteiger charge is 2.30. The lowest BCUT2D eigenvalue weighted by molar-refractivity contribution is -0.143. The number of carboxylic acid groups (broad SMARTS) is 1. The van der Waals surface area contributed by atoms with Gasteiger partial charge in [-0.1, -0.05) is 6.07 Å². The molecule has 1 aliphatic carbocycles. The van der Waals surface area contributed by atoms with E-state index in [-0.39, 0.29) is 24.4 Å². The van der Waals surface area contributed by atoms with Crippen molar-refractivity contribution in [2.75, 3.05) is 25.0 Å². The molecule has 0 radical (unpaired) electrons. The topological polar surface area (TPSA) is 101 Å². The predicted molar refractivity (Wildman–Crippen MR) is 140 cm³/mol. The van der Waals surface area contributed by atoms with Crippen molar-refractivity contribution in [1.29, 1.82) is 0 Å². The fourth-order valence-electron chi connectivity index (χ4n) is 5.39. The van der Waals surface area contributed by atoms with Crippen LogP contribution in [0.5, 0.6) is 0 Å². The van der Waals surface area contributed by atoms with Gasteiger partial charge < -0.3 is 20.5 Å². The molecule has 1 amide bonds. The van der Waals surface area contributed by atoms with E-state index in [9.17, 15) is 19.1 Å². The predicted octanol–water partition coefficient (Wildman–Crippen LogP) is 4.83. The van der Waals surface area contributed by atoms with Gasteiger partial charge in [-0.25, -0.2) is 9.37 Å². The maximum absolute atomic E-state index is 13.5. The first-order chi connectivity index (χ1) is 17.8. The molecule has 1 atom stereocenters. The Morgan fingerprint density at radius 3 is 2.70 bits per heavy atom. The number of aryl methyl sites for hydroxylation is 4. The summed E-state index contributed by atoms with van der Waals surface area (Å²) in [5, 5.41) is 15.8. The average Bonchev–Trinajstić information content (AvgIpc) is 2.82. The molecule has 4 rings (SSSR count). The summed E-state index contributed by atoms with van der Waals surface area (Å²) < 4.78 is 19.4. The molecule has 0 bridgehead atoms. The Labute approximate surface area is 218 Å². The maximum atomic E-state index is 13.5. The second kappa shape index (κ2) is 12.5. The molecule has 37 heavy (non-hydrogen) atoms. The molecule has 1 fully saturated rings. The Morgan fingerprint density at radius 1 is 1.22 bits per heavy atom. The number of ether oxygens (including phenoxy) is 1. The molecule has 7 nitrogen and oxygen atoms in total. The van der Waals surface area contributed by atoms with Gasteiger partial charge >= 0.3 is 5.97 Å². The smallest absolute Gasteiger partial charge is 0.306 e. The van der Waals surface area contributed by atoms with Crippen LogP contribution in [-0.2, 0) is 22.4 Å². The minimum Gasteiger partial charge on any atom is -0.481 e. The highest BCUT2D eigenvalue weighted by molar-refractivity contribution is 5.97. The van der Waals surface area contributed by atoms with Crippen molar-refractivity contribution < 1.29 is 23.8 Å². The first kappa shape index (κ1) is 27.0. The third-order valence-corrected chi connectivity index (χ3v) is 7.62. The van der Waals surface area contributed by atoms with Gasteiger partial charge in [-0.3, -0.25) is 9.59 Å². The molecule has 200 valence electrons. The summed E-state index contributed by atoms with van der Waals surface area (Å²) in [5.74, 6) is -0.482. The van der Waals surface area contributed by atoms with Gasteiger partial charge in [0.1, 0.15) is 11.6 Å². The van der Waals surface area contributed by atoms with Crippen LogP contribution < -0.4 is 10.6 Å². The van der Waals surface area contributed by atoms with Crippen molar-refractivity contribution in [2.45, 2.75) is 71.3 Å². The number of hydrogen-bond acceptors (Lipinski definition) is 5. The van der Waals surface area contributed by atoms with Crippen LogP contribution in [0, 0.1) is 31.5 Å². The molecule has 1 aromatic carbocycles. The van der Waals surface area contributed by atoms with E-state index in [0.717, 1.165) is 56.6 Å². The second-order valence-electron chi connectivity index (χ2n) is 10.5. The fourth-order valence-corrected chi connectivity index (χ4v) is 5.39. The summed E-state index contributed by atoms with van der Waals surface area (Å²) in [6.07, 6.45) is 7.27. The van der Waals surface area contributed by atoms with E-state index in [1.54, 1.807) is 13.8 Å². The number of carboxylic acids is 1. The van der Waals surface area contributed by atoms with Gasteiger partial charge in [0.2, 0.25) is 0 Å². The zero-order valence-corrected chi connectivity index (χ0v) is 21.8. The molecule has 2 aliphatic rings. The second-order valence-corrected chi connectivity index (χ2v) is 10.5. The van der Waals surface area contributed by atoms with E-state index in [2.05, 4.69) is 22.8 Å². The van der Waals surface area contributed by atoms with Crippen LogP contribution in [0.1, 0.15) is 71.3 Å². The Bertz CT molecular complexity index is 1090. The highest BCUT2D eigenvalue weighted by atomic mass is 19.1. The van der Waals surface area contributed by atoms with Gasteiger partial charge in [0.05, 0.1) is 12.0 Å². The number of hydrogen-bond donors (Lipinski definition) is 3. The molecular weight excluding hydrogens is 473 g/mol. The van der Waals surface area contributed by atoms with E-state index in [1.165, 1.54) is 17.7 Å². The number of aliphatic carboxylic acids is 1. The quantitative estimate of drug-likeness (QED) is 0.377. The molecule has 1 aliphatic heterocycles. The lowest BCUT2D eigenvalue weighted by Crippen LogP contribution is -2.33. The normalized spacial score (nSPS) is 19.3. The molecule has 0 spiro atoms. The number of amides is 1. The third kappa shape index (κ3) is 7.28. The number of aromatic nitrogens is 1. The summed E-state index contributed by atoms with van der Waals surface area (Å²) in [7, 11) is 0. The number of fused-ring (bicyclic) bond motifs is 1. The van der Waals surface area contributed by atoms with Gasteiger partial charge in [-0.15, -0.1) is 0 Å². The van der Waals surface area contributed by atoms with E-state index < -0.39 is 11.9 Å². The first-order valence-corrected chi connectivity index (χ1v) is 13.4. The molecule has 1 unspecified atom stereocenters. The van der Waals surface area contributed by atoms with E-state index in [1.807, 2.05) is 0 Å². The van der Waals surface area contributed by atoms with Gasteiger partial charge in [0, 0.05) is 31.0 Å². The highest BCUT2D eigenvalue weighted by Crippen LogP contribution is 2.34. The van der Waals surface area contributed by atoms with E-state index in [0.29, 0.717) is 42.1 Å². The molecule has 2 aromatic rings. The summed E-state index contributed by atoms with van der Waals surface area (Å²) in [5.41, 5.74) is 4.02. The molecular formula is C29H38FN3O4. The summed E-state index contributed by atoms with van der Waals surface area (Å²) >= 11 is 0. The average molecular weight is 512 g/mol. The summed E-state index contributed by atoms with van der Waals surface area (Å²) in [6.45, 7) is 5.02. The number of carbonyl (C=O) groups is 2. The van der Waals surface area contributed by atoms with Crippen molar-refractivity contribution in [2.24, 2.45) is 11.8 Å². The van der Waals surface area contributed by atoms with Crippen LogP contribution >= 0.6 is 0 Å². The number of rotatable bonds is 12. The summed E-state index contributed by atoms with van der Waals surface area (Å²) in [6, 6.07) is 7.00. The molecule has 8 heteroatoms. The van der Waals surface area contributed by atoms with Gasteiger partial charge in [0.15, 0.2) is 0 Å². The maximum Gasteiger partial charge on any atom is 0.306 e. The van der Waals surface area contributed by atoms with Crippen LogP contribution in [-0.4, -0.2) is 47.8 Å². The van der Waals surface area contributed by atoms with Crippen LogP contribution in [0.2, 0.25) is 0 Å². The number of anilines is 1. The number of halogens is 1. The van der Waals surface area contributed by atoms with Crippen molar-refractivity contribution in [3.63, 3.8) is 0 Å². The first-order valence-electron chi connectivity index (χ1n) is 13.4. The van der Waals surface area contributed by atoms with E-state index in [4.69, 9.17) is 9.72 Å². The van der Waals surface area contributed by atoms with Crippen LogP contribution in [0.15, 0.2) is 24.3 Å². The van der Waals surface area contributed by atoms with Crippen LogP contribution in [0.4, 0.5) is 10.2 Å². The molecule has 1 aromatic heterocycles. The largest absolute Gasteiger partial charge is 0.481 e. The number of nitrogens with zero attached hydrogens (tertiary/aromatic N) is 1. The van der Waals surface area contributed by atoms with Gasteiger partial charge in [-0.2, -0.15) is 0 Å². The Hall–Kier alpha value is -3.00. The fraction of sp³-hybridized carbons (Fsp3) is 0.552.